The molecule has 2 aromatic rings. The predicted molar refractivity (Wildman–Crippen MR) is 88.4 cm³/mol. The Morgan fingerprint density at radius 2 is 2.17 bits per heavy atom. The molecule has 1 atom stereocenters. The molecule has 1 aliphatic rings. The van der Waals surface area contributed by atoms with Gasteiger partial charge < -0.3 is 14.2 Å². The molecule has 4 nitrogen and oxygen atoms in total. The van der Waals surface area contributed by atoms with Gasteiger partial charge in [-0.25, -0.2) is 9.18 Å². The van der Waals surface area contributed by atoms with Crippen LogP contribution in [0.3, 0.4) is 0 Å². The Labute approximate surface area is 139 Å². The molecule has 1 unspecified atom stereocenters. The summed E-state index contributed by atoms with van der Waals surface area (Å²) in [5, 5.41) is 0.650. The lowest BCUT2D eigenvalue weighted by atomic mass is 9.99. The number of carbonyl (C=O) groups excluding carboxylic acids is 1. The van der Waals surface area contributed by atoms with Crippen LogP contribution >= 0.6 is 11.6 Å². The molecule has 1 amide bonds. The molecule has 23 heavy (non-hydrogen) atoms. The fourth-order valence-electron chi connectivity index (χ4n) is 3.02. The third-order valence-corrected chi connectivity index (χ3v) is 4.38. The van der Waals surface area contributed by atoms with E-state index >= 15 is 0 Å². The van der Waals surface area contributed by atoms with Crippen LogP contribution in [0.25, 0.3) is 10.9 Å². The lowest BCUT2D eigenvalue weighted by molar-refractivity contribution is 0.0204. The van der Waals surface area contributed by atoms with Crippen molar-refractivity contribution in [1.29, 1.82) is 0 Å². The number of carbonyl (C=O) groups is 1. The van der Waals surface area contributed by atoms with Gasteiger partial charge in [-0.3, -0.25) is 0 Å². The first-order chi connectivity index (χ1) is 10.7. The summed E-state index contributed by atoms with van der Waals surface area (Å²) in [4.78, 5) is 13.9. The number of nitrogens with zero attached hydrogens (tertiary/aromatic N) is 2. The summed E-state index contributed by atoms with van der Waals surface area (Å²) in [5.74, 6) is -0.386. The Kier molecular flexibility index (Phi) is 3.79. The van der Waals surface area contributed by atoms with Crippen LogP contribution in [0.2, 0.25) is 5.02 Å². The molecule has 0 bridgehead atoms. The molecule has 0 spiro atoms. The second-order valence-electron chi connectivity index (χ2n) is 7.01. The molecule has 0 N–H and O–H groups in total. The van der Waals surface area contributed by atoms with Crippen molar-refractivity contribution < 1.29 is 13.9 Å². The van der Waals surface area contributed by atoms with Crippen molar-refractivity contribution in [2.45, 2.75) is 45.4 Å². The number of benzene rings is 1. The van der Waals surface area contributed by atoms with Gasteiger partial charge in [-0.15, -0.1) is 0 Å². The first-order valence-electron chi connectivity index (χ1n) is 7.59. The van der Waals surface area contributed by atoms with E-state index in [1.807, 2.05) is 31.5 Å². The van der Waals surface area contributed by atoms with Crippen molar-refractivity contribution >= 4 is 28.6 Å². The minimum Gasteiger partial charge on any atom is -0.444 e. The fourth-order valence-corrected chi connectivity index (χ4v) is 3.25. The van der Waals surface area contributed by atoms with Crippen LogP contribution in [0, 0.1) is 5.82 Å². The number of hydrogen-bond donors (Lipinski definition) is 0. The van der Waals surface area contributed by atoms with E-state index in [1.165, 1.54) is 0 Å². The van der Waals surface area contributed by atoms with Gasteiger partial charge in [-0.05, 0) is 44.9 Å². The Hall–Kier alpha value is -1.75. The Bertz CT molecular complexity index is 779. The lowest BCUT2D eigenvalue weighted by Gasteiger charge is -2.34. The van der Waals surface area contributed by atoms with Crippen molar-refractivity contribution in [3.63, 3.8) is 0 Å². The molecule has 2 heterocycles. The van der Waals surface area contributed by atoms with Gasteiger partial charge in [-0.1, -0.05) is 11.6 Å². The third-order valence-electron chi connectivity index (χ3n) is 4.11. The van der Waals surface area contributed by atoms with Gasteiger partial charge in [0, 0.05) is 25.2 Å². The highest BCUT2D eigenvalue weighted by atomic mass is 35.5. The standard InChI is InChI=1S/C17H20ClFN2O2/c1-17(2,3)23-16(22)20(4)11-7-10-8-13(18)14(19)12-5-6-21(9-11)15(10)12/h5-6,8,11H,7,9H2,1-4H3. The van der Waals surface area contributed by atoms with Gasteiger partial charge in [0.05, 0.1) is 16.6 Å². The molecule has 1 aromatic heterocycles. The molecule has 0 saturated heterocycles. The number of hydrogen-bond acceptors (Lipinski definition) is 2. The van der Waals surface area contributed by atoms with Gasteiger partial charge in [0.1, 0.15) is 5.60 Å². The van der Waals surface area contributed by atoms with Crippen LogP contribution in [-0.4, -0.2) is 34.3 Å². The Balaban J connectivity index is 1.89. The minimum atomic E-state index is -0.537. The first kappa shape index (κ1) is 16.1. The van der Waals surface area contributed by atoms with Crippen molar-refractivity contribution in [3.05, 3.63) is 34.7 Å². The number of rotatable bonds is 1. The monoisotopic (exact) mass is 338 g/mol. The maximum absolute atomic E-state index is 14.1. The zero-order valence-electron chi connectivity index (χ0n) is 13.7. The largest absolute Gasteiger partial charge is 0.444 e. The van der Waals surface area contributed by atoms with Crippen LogP contribution in [0.1, 0.15) is 26.3 Å². The quantitative estimate of drug-likeness (QED) is 0.780. The summed E-state index contributed by atoms with van der Waals surface area (Å²) in [6.07, 6.45) is 2.10. The third kappa shape index (κ3) is 2.90. The van der Waals surface area contributed by atoms with Gasteiger partial charge in [0.2, 0.25) is 0 Å². The molecule has 1 aromatic carbocycles. The molecular formula is C17H20ClFN2O2. The van der Waals surface area contributed by atoms with E-state index in [1.54, 1.807) is 24.1 Å². The van der Waals surface area contributed by atoms with Crippen molar-refractivity contribution in [3.8, 4) is 0 Å². The average molecular weight is 339 g/mol. The summed E-state index contributed by atoms with van der Waals surface area (Å²) in [6, 6.07) is 3.33. The lowest BCUT2D eigenvalue weighted by Crippen LogP contribution is -2.45. The Morgan fingerprint density at radius 1 is 1.48 bits per heavy atom. The molecule has 124 valence electrons. The maximum atomic E-state index is 14.1. The number of aromatic nitrogens is 1. The predicted octanol–water partition coefficient (Wildman–Crippen LogP) is 4.23. The maximum Gasteiger partial charge on any atom is 0.410 e. The van der Waals surface area contributed by atoms with E-state index in [0.29, 0.717) is 18.4 Å². The summed E-state index contributed by atoms with van der Waals surface area (Å²) in [6.45, 7) is 6.13. The molecule has 1 aliphatic heterocycles. The molecule has 0 aliphatic carbocycles. The van der Waals surface area contributed by atoms with Crippen LogP contribution in [-0.2, 0) is 17.7 Å². The first-order valence-corrected chi connectivity index (χ1v) is 7.96. The SMILES string of the molecule is CN(C(=O)OC(C)(C)C)C1Cc2cc(Cl)c(F)c3ccn(c23)C1. The van der Waals surface area contributed by atoms with E-state index in [0.717, 1.165) is 11.1 Å². The number of amides is 1. The second-order valence-corrected chi connectivity index (χ2v) is 7.42. The zero-order valence-corrected chi connectivity index (χ0v) is 14.4. The molecular weight excluding hydrogens is 319 g/mol. The zero-order chi connectivity index (χ0) is 16.9. The van der Waals surface area contributed by atoms with E-state index in [2.05, 4.69) is 0 Å². The summed E-state index contributed by atoms with van der Waals surface area (Å²) >= 11 is 5.99. The molecule has 3 rings (SSSR count). The second kappa shape index (κ2) is 5.41. The normalized spacial score (nSPS) is 17.4. The highest BCUT2D eigenvalue weighted by molar-refractivity contribution is 6.31. The molecule has 6 heteroatoms. The van der Waals surface area contributed by atoms with Crippen LogP contribution in [0.4, 0.5) is 9.18 Å². The van der Waals surface area contributed by atoms with Crippen molar-refractivity contribution in [1.82, 2.24) is 9.47 Å². The molecule has 0 radical (unpaired) electrons. The average Bonchev–Trinajstić information content (AvgIpc) is 2.87. The topological polar surface area (TPSA) is 34.5 Å². The summed E-state index contributed by atoms with van der Waals surface area (Å²) < 4.78 is 21.5. The van der Waals surface area contributed by atoms with Gasteiger partial charge in [0.15, 0.2) is 5.82 Å². The van der Waals surface area contributed by atoms with E-state index in [9.17, 15) is 9.18 Å². The van der Waals surface area contributed by atoms with Crippen LogP contribution in [0.5, 0.6) is 0 Å². The van der Waals surface area contributed by atoms with Crippen LogP contribution < -0.4 is 0 Å². The van der Waals surface area contributed by atoms with Crippen molar-refractivity contribution in [2.24, 2.45) is 0 Å². The van der Waals surface area contributed by atoms with Gasteiger partial charge >= 0.3 is 6.09 Å². The fraction of sp³-hybridized carbons (Fsp3) is 0.471. The van der Waals surface area contributed by atoms with Gasteiger partial charge in [0.25, 0.3) is 0 Å². The Morgan fingerprint density at radius 3 is 2.83 bits per heavy atom. The van der Waals surface area contributed by atoms with Crippen molar-refractivity contribution in [2.75, 3.05) is 7.05 Å². The number of likely N-dealkylation sites (N-methyl/N-ethyl adjacent to an activating group) is 1. The number of ether oxygens (including phenoxy) is 1. The highest BCUT2D eigenvalue weighted by Gasteiger charge is 2.30. The van der Waals surface area contributed by atoms with Gasteiger partial charge in [-0.2, -0.15) is 0 Å². The minimum absolute atomic E-state index is 0.0607. The summed E-state index contributed by atoms with van der Waals surface area (Å²) in [7, 11) is 1.73. The van der Waals surface area contributed by atoms with E-state index in [-0.39, 0.29) is 23.0 Å². The number of halogens is 2. The van der Waals surface area contributed by atoms with Crippen LogP contribution in [0.15, 0.2) is 18.3 Å². The molecule has 0 fully saturated rings. The highest BCUT2D eigenvalue weighted by Crippen LogP contribution is 2.33. The summed E-state index contributed by atoms with van der Waals surface area (Å²) in [5.41, 5.74) is 1.27. The molecule has 0 saturated carbocycles. The van der Waals surface area contributed by atoms with E-state index < -0.39 is 5.60 Å². The smallest absolute Gasteiger partial charge is 0.410 e. The van der Waals surface area contributed by atoms with E-state index in [4.69, 9.17) is 16.3 Å².